The van der Waals surface area contributed by atoms with Gasteiger partial charge in [0.1, 0.15) is 6.04 Å². The van der Waals surface area contributed by atoms with Crippen molar-refractivity contribution in [3.8, 4) is 11.1 Å². The summed E-state index contributed by atoms with van der Waals surface area (Å²) >= 11 is 0. The predicted octanol–water partition coefficient (Wildman–Crippen LogP) is 6.75. The number of ether oxygens (including phenoxy) is 1. The quantitative estimate of drug-likeness (QED) is 0.118. The number of rotatable bonds is 13. The molecule has 0 heterocycles. The largest absolute Gasteiger partial charge is 0.467 e. The first-order chi connectivity index (χ1) is 21.5. The van der Waals surface area contributed by atoms with E-state index in [4.69, 9.17) is 4.74 Å². The second-order valence-corrected chi connectivity index (χ2v) is 10.5. The molecule has 1 unspecified atom stereocenters. The second kappa shape index (κ2) is 14.7. The summed E-state index contributed by atoms with van der Waals surface area (Å²) in [5.41, 5.74) is 6.45. The molecular weight excluding hydrogens is 548 g/mol. The second-order valence-electron chi connectivity index (χ2n) is 10.5. The van der Waals surface area contributed by atoms with Crippen LogP contribution in [0.2, 0.25) is 0 Å². The fraction of sp³-hybridized carbons (Fsp3) is 0.132. The highest BCUT2D eigenvalue weighted by Crippen LogP contribution is 2.24. The Hall–Kier alpha value is -5.33. The summed E-state index contributed by atoms with van der Waals surface area (Å²) in [6.07, 6.45) is 0.375. The zero-order chi connectivity index (χ0) is 30.7. The Morgan fingerprint density at radius 1 is 0.659 bits per heavy atom. The highest BCUT2D eigenvalue weighted by Gasteiger charge is 2.22. The van der Waals surface area contributed by atoms with Crippen molar-refractivity contribution in [1.82, 2.24) is 5.32 Å². The van der Waals surface area contributed by atoms with Crippen LogP contribution in [0, 0.1) is 0 Å². The molecule has 0 saturated carbocycles. The fourth-order valence-electron chi connectivity index (χ4n) is 5.05. The molecule has 0 bridgehead atoms. The third-order valence-corrected chi connectivity index (χ3v) is 7.39. The lowest BCUT2D eigenvalue weighted by Gasteiger charge is -2.20. The van der Waals surface area contributed by atoms with Crippen molar-refractivity contribution in [3.05, 3.63) is 161 Å². The molecule has 0 aliphatic heterocycles. The number of carbonyl (C=O) groups excluding carboxylic acids is 3. The SMILES string of the molecule is COC(=O)C(Cc1ccc(-c2cccc(CNCC(=O)c3ccccc3)c2)cc1)Nc1ccccc1C(=O)c1ccccc1. The van der Waals surface area contributed by atoms with Crippen LogP contribution in [0.5, 0.6) is 0 Å². The van der Waals surface area contributed by atoms with E-state index in [9.17, 15) is 14.4 Å². The maximum Gasteiger partial charge on any atom is 0.328 e. The van der Waals surface area contributed by atoms with Gasteiger partial charge in [-0.3, -0.25) is 9.59 Å². The van der Waals surface area contributed by atoms with Gasteiger partial charge in [-0.1, -0.05) is 115 Å². The van der Waals surface area contributed by atoms with E-state index in [1.807, 2.05) is 103 Å². The first-order valence-electron chi connectivity index (χ1n) is 14.5. The molecule has 2 N–H and O–H groups in total. The molecule has 6 nitrogen and oxygen atoms in total. The molecule has 0 radical (unpaired) electrons. The maximum absolute atomic E-state index is 13.2. The van der Waals surface area contributed by atoms with Crippen LogP contribution in [0.4, 0.5) is 5.69 Å². The Labute approximate surface area is 257 Å². The summed E-state index contributed by atoms with van der Waals surface area (Å²) in [4.78, 5) is 38.4. The van der Waals surface area contributed by atoms with Crippen molar-refractivity contribution in [2.24, 2.45) is 0 Å². The minimum absolute atomic E-state index is 0.0587. The number of anilines is 1. The number of carbonyl (C=O) groups is 3. The molecule has 0 aromatic heterocycles. The highest BCUT2D eigenvalue weighted by atomic mass is 16.5. The molecule has 1 atom stereocenters. The molecule has 44 heavy (non-hydrogen) atoms. The number of hydrogen-bond donors (Lipinski definition) is 2. The van der Waals surface area contributed by atoms with E-state index in [0.717, 1.165) is 22.3 Å². The van der Waals surface area contributed by atoms with Crippen molar-refractivity contribution in [2.45, 2.75) is 19.0 Å². The van der Waals surface area contributed by atoms with Gasteiger partial charge in [-0.05, 0) is 40.5 Å². The van der Waals surface area contributed by atoms with Gasteiger partial charge in [-0.25, -0.2) is 4.79 Å². The average molecular weight is 583 g/mol. The van der Waals surface area contributed by atoms with Gasteiger partial charge in [0.05, 0.1) is 13.7 Å². The molecule has 0 amide bonds. The number of nitrogens with one attached hydrogen (secondary N) is 2. The van der Waals surface area contributed by atoms with Crippen molar-refractivity contribution in [2.75, 3.05) is 19.0 Å². The van der Waals surface area contributed by atoms with E-state index >= 15 is 0 Å². The van der Waals surface area contributed by atoms with Gasteiger partial charge in [0.25, 0.3) is 0 Å². The van der Waals surface area contributed by atoms with Crippen LogP contribution in [-0.4, -0.2) is 37.2 Å². The molecule has 0 fully saturated rings. The van der Waals surface area contributed by atoms with Crippen LogP contribution in [-0.2, 0) is 22.5 Å². The Kier molecular flexibility index (Phi) is 10.1. The number of hydrogen-bond acceptors (Lipinski definition) is 6. The third-order valence-electron chi connectivity index (χ3n) is 7.39. The topological polar surface area (TPSA) is 84.5 Å². The van der Waals surface area contributed by atoms with Crippen LogP contribution in [0.3, 0.4) is 0 Å². The Bertz CT molecular complexity index is 1720. The first-order valence-corrected chi connectivity index (χ1v) is 14.5. The lowest BCUT2D eigenvalue weighted by Crippen LogP contribution is -2.33. The van der Waals surface area contributed by atoms with Crippen molar-refractivity contribution < 1.29 is 19.1 Å². The highest BCUT2D eigenvalue weighted by molar-refractivity contribution is 6.12. The summed E-state index contributed by atoms with van der Waals surface area (Å²) in [6.45, 7) is 0.842. The number of esters is 1. The van der Waals surface area contributed by atoms with Crippen molar-refractivity contribution >= 4 is 23.2 Å². The normalized spacial score (nSPS) is 11.4. The molecule has 0 spiro atoms. The third kappa shape index (κ3) is 7.73. The van der Waals surface area contributed by atoms with E-state index in [-0.39, 0.29) is 18.1 Å². The van der Waals surface area contributed by atoms with Crippen molar-refractivity contribution in [3.63, 3.8) is 0 Å². The number of para-hydroxylation sites is 1. The minimum atomic E-state index is -0.691. The maximum atomic E-state index is 13.2. The Morgan fingerprint density at radius 3 is 2.02 bits per heavy atom. The van der Waals surface area contributed by atoms with Gasteiger partial charge in [0.15, 0.2) is 11.6 Å². The van der Waals surface area contributed by atoms with Gasteiger partial charge < -0.3 is 15.4 Å². The van der Waals surface area contributed by atoms with Crippen LogP contribution in [0.1, 0.15) is 37.4 Å². The van der Waals surface area contributed by atoms with E-state index in [1.54, 1.807) is 24.3 Å². The molecule has 220 valence electrons. The van der Waals surface area contributed by atoms with Gasteiger partial charge in [0.2, 0.25) is 0 Å². The molecular formula is C38H34N2O4. The van der Waals surface area contributed by atoms with E-state index in [0.29, 0.717) is 35.3 Å². The molecule has 6 heteroatoms. The summed E-state index contributed by atoms with van der Waals surface area (Å²) in [7, 11) is 1.36. The van der Waals surface area contributed by atoms with Gasteiger partial charge in [0, 0.05) is 35.3 Å². The van der Waals surface area contributed by atoms with Crippen LogP contribution >= 0.6 is 0 Å². The van der Waals surface area contributed by atoms with Gasteiger partial charge in [-0.15, -0.1) is 0 Å². The smallest absolute Gasteiger partial charge is 0.328 e. The van der Waals surface area contributed by atoms with Gasteiger partial charge in [-0.2, -0.15) is 0 Å². The lowest BCUT2D eigenvalue weighted by atomic mass is 9.98. The van der Waals surface area contributed by atoms with E-state index < -0.39 is 12.0 Å². The van der Waals surface area contributed by atoms with E-state index in [1.165, 1.54) is 7.11 Å². The summed E-state index contributed by atoms with van der Waals surface area (Å²) in [6, 6.07) is 41.1. The number of methoxy groups -OCH3 is 1. The summed E-state index contributed by atoms with van der Waals surface area (Å²) in [5, 5.41) is 6.51. The average Bonchev–Trinajstić information content (AvgIpc) is 3.08. The Balaban J connectivity index is 1.25. The number of benzene rings is 5. The predicted molar refractivity (Wildman–Crippen MR) is 174 cm³/mol. The van der Waals surface area contributed by atoms with Crippen molar-refractivity contribution in [1.29, 1.82) is 0 Å². The fourth-order valence-corrected chi connectivity index (χ4v) is 5.05. The monoisotopic (exact) mass is 582 g/mol. The lowest BCUT2D eigenvalue weighted by molar-refractivity contribution is -0.141. The van der Waals surface area contributed by atoms with Gasteiger partial charge >= 0.3 is 5.97 Å². The van der Waals surface area contributed by atoms with Crippen LogP contribution < -0.4 is 10.6 Å². The minimum Gasteiger partial charge on any atom is -0.467 e. The first kappa shape index (κ1) is 30.1. The molecule has 0 aliphatic rings. The van der Waals surface area contributed by atoms with Crippen LogP contribution in [0.25, 0.3) is 11.1 Å². The Morgan fingerprint density at radius 2 is 1.32 bits per heavy atom. The van der Waals surface area contributed by atoms with E-state index in [2.05, 4.69) is 16.7 Å². The molecule has 5 aromatic carbocycles. The number of ketones is 2. The molecule has 0 saturated heterocycles. The zero-order valence-corrected chi connectivity index (χ0v) is 24.5. The molecule has 5 rings (SSSR count). The van der Waals surface area contributed by atoms with Crippen LogP contribution in [0.15, 0.2) is 133 Å². The molecule has 5 aromatic rings. The number of Topliss-reactive ketones (excluding diaryl/α,β-unsaturated/α-hetero) is 1. The standard InChI is InChI=1S/C38H34N2O4/c1-44-38(43)35(40-34-18-9-8-17-33(34)37(42)31-14-6-3-7-15-31)24-27-19-21-29(22-20-27)32-16-10-11-28(23-32)25-39-26-36(41)30-12-4-2-5-13-30/h2-23,35,39-40H,24-26H2,1H3. The summed E-state index contributed by atoms with van der Waals surface area (Å²) < 4.78 is 5.11. The molecule has 0 aliphatic carbocycles. The zero-order valence-electron chi connectivity index (χ0n) is 24.5. The summed E-state index contributed by atoms with van der Waals surface area (Å²) in [5.74, 6) is -0.479.